The van der Waals surface area contributed by atoms with Gasteiger partial charge in [0.2, 0.25) is 0 Å². The van der Waals surface area contributed by atoms with E-state index >= 15 is 0 Å². The number of nitrogens with two attached hydrogens (primary N) is 1. The van der Waals surface area contributed by atoms with Gasteiger partial charge in [-0.25, -0.2) is 0 Å². The van der Waals surface area contributed by atoms with Crippen LogP contribution in [0.2, 0.25) is 0 Å². The van der Waals surface area contributed by atoms with Gasteiger partial charge in [0, 0.05) is 24.7 Å². The molecule has 0 heterocycles. The number of nitrogens with zero attached hydrogens (tertiary/aromatic N) is 1. The highest BCUT2D eigenvalue weighted by Gasteiger charge is 2.26. The Morgan fingerprint density at radius 3 is 2.29 bits per heavy atom. The quantitative estimate of drug-likeness (QED) is 0.709. The van der Waals surface area contributed by atoms with Gasteiger partial charge in [-0.1, -0.05) is 0 Å². The molecule has 0 atom stereocenters. The van der Waals surface area contributed by atoms with Gasteiger partial charge in [0.15, 0.2) is 0 Å². The summed E-state index contributed by atoms with van der Waals surface area (Å²) >= 11 is 0. The van der Waals surface area contributed by atoms with E-state index in [4.69, 9.17) is 5.73 Å². The molecule has 1 aliphatic carbocycles. The van der Waals surface area contributed by atoms with Crippen molar-refractivity contribution < 1.29 is 0 Å². The molecular weight excluding hydrogens is 172 g/mol. The Hall–Kier alpha value is -0.0800. The van der Waals surface area contributed by atoms with Gasteiger partial charge in [-0.3, -0.25) is 0 Å². The van der Waals surface area contributed by atoms with E-state index in [1.165, 1.54) is 19.4 Å². The van der Waals surface area contributed by atoms with E-state index in [0.29, 0.717) is 6.04 Å². The van der Waals surface area contributed by atoms with Gasteiger partial charge in [0.05, 0.1) is 0 Å². The summed E-state index contributed by atoms with van der Waals surface area (Å²) in [6.45, 7) is 11.2. The summed E-state index contributed by atoms with van der Waals surface area (Å²) in [6.07, 6.45) is 3.97. The van der Waals surface area contributed by atoms with Crippen LogP contribution < -0.4 is 5.73 Å². The summed E-state index contributed by atoms with van der Waals surface area (Å²) in [5, 5.41) is 0. The van der Waals surface area contributed by atoms with Crippen molar-refractivity contribution in [2.24, 2.45) is 11.7 Å². The third-order valence-corrected chi connectivity index (χ3v) is 2.96. The fourth-order valence-electron chi connectivity index (χ4n) is 1.62. The molecule has 2 heteroatoms. The normalized spacial score (nSPS) is 18.2. The lowest BCUT2D eigenvalue weighted by atomic mass is 10.0. The van der Waals surface area contributed by atoms with Crippen molar-refractivity contribution in [1.82, 2.24) is 4.90 Å². The maximum Gasteiger partial charge on any atom is 0.0109 e. The number of hydrogen-bond acceptors (Lipinski definition) is 2. The second-order valence-electron chi connectivity index (χ2n) is 5.77. The molecule has 0 radical (unpaired) electrons. The van der Waals surface area contributed by atoms with Gasteiger partial charge in [0.25, 0.3) is 0 Å². The molecule has 0 bridgehead atoms. The molecule has 0 saturated heterocycles. The monoisotopic (exact) mass is 198 g/mol. The smallest absolute Gasteiger partial charge is 0.0109 e. The molecule has 0 aromatic heterocycles. The molecule has 84 valence electrons. The van der Waals surface area contributed by atoms with Crippen LogP contribution in [0.3, 0.4) is 0 Å². The Kier molecular flexibility index (Phi) is 3.96. The number of rotatable bonds is 6. The van der Waals surface area contributed by atoms with Gasteiger partial charge in [-0.2, -0.15) is 0 Å². The highest BCUT2D eigenvalue weighted by atomic mass is 15.1. The summed E-state index contributed by atoms with van der Waals surface area (Å²) < 4.78 is 0. The van der Waals surface area contributed by atoms with Gasteiger partial charge in [0.1, 0.15) is 0 Å². The third-order valence-electron chi connectivity index (χ3n) is 2.96. The van der Waals surface area contributed by atoms with Crippen molar-refractivity contribution in [3.8, 4) is 0 Å². The van der Waals surface area contributed by atoms with Crippen molar-refractivity contribution in [2.45, 2.75) is 58.5 Å². The van der Waals surface area contributed by atoms with Crippen LogP contribution in [0.4, 0.5) is 0 Å². The Bertz CT molecular complexity index is 166. The molecule has 1 rings (SSSR count). The van der Waals surface area contributed by atoms with E-state index in [2.05, 4.69) is 32.6 Å². The van der Waals surface area contributed by atoms with Crippen LogP contribution >= 0.6 is 0 Å². The van der Waals surface area contributed by atoms with E-state index in [-0.39, 0.29) is 5.54 Å². The molecule has 14 heavy (non-hydrogen) atoms. The van der Waals surface area contributed by atoms with E-state index < -0.39 is 0 Å². The lowest BCUT2D eigenvalue weighted by Gasteiger charge is -2.29. The first-order valence-corrected chi connectivity index (χ1v) is 5.91. The fourth-order valence-corrected chi connectivity index (χ4v) is 1.62. The van der Waals surface area contributed by atoms with Gasteiger partial charge in [-0.05, 0) is 52.9 Å². The summed E-state index contributed by atoms with van der Waals surface area (Å²) in [6, 6.07) is 0.665. The summed E-state index contributed by atoms with van der Waals surface area (Å²) in [5.74, 6) is 0.985. The minimum Gasteiger partial charge on any atom is -0.326 e. The molecule has 0 aromatic carbocycles. The van der Waals surface area contributed by atoms with Gasteiger partial charge in [-0.15, -0.1) is 0 Å². The second-order valence-corrected chi connectivity index (χ2v) is 5.77. The average molecular weight is 198 g/mol. The van der Waals surface area contributed by atoms with Crippen LogP contribution in [0.5, 0.6) is 0 Å². The zero-order valence-corrected chi connectivity index (χ0v) is 10.2. The molecule has 0 amide bonds. The van der Waals surface area contributed by atoms with E-state index in [0.717, 1.165) is 18.9 Å². The third kappa shape index (κ3) is 4.97. The first-order valence-electron chi connectivity index (χ1n) is 5.91. The molecular formula is C12H26N2. The van der Waals surface area contributed by atoms with Crippen LogP contribution in [0.25, 0.3) is 0 Å². The fraction of sp³-hybridized carbons (Fsp3) is 1.00. The van der Waals surface area contributed by atoms with Gasteiger partial charge >= 0.3 is 0 Å². The SMILES string of the molecule is CC(C)N(CCC(C)(C)N)CC1CC1. The Morgan fingerprint density at radius 1 is 1.36 bits per heavy atom. The summed E-state index contributed by atoms with van der Waals surface area (Å²) in [7, 11) is 0. The first kappa shape index (κ1) is 12.0. The van der Waals surface area contributed by atoms with Crippen LogP contribution in [-0.2, 0) is 0 Å². The highest BCUT2D eigenvalue weighted by Crippen LogP contribution is 2.30. The lowest BCUT2D eigenvalue weighted by Crippen LogP contribution is -2.40. The Balaban J connectivity index is 2.27. The molecule has 0 spiro atoms. The minimum absolute atomic E-state index is 0.0172. The lowest BCUT2D eigenvalue weighted by molar-refractivity contribution is 0.195. The van der Waals surface area contributed by atoms with Crippen LogP contribution in [-0.4, -0.2) is 29.6 Å². The average Bonchev–Trinajstić information content (AvgIpc) is 2.78. The van der Waals surface area contributed by atoms with Crippen molar-refractivity contribution in [3.63, 3.8) is 0 Å². The molecule has 0 aromatic rings. The zero-order valence-electron chi connectivity index (χ0n) is 10.2. The van der Waals surface area contributed by atoms with Crippen LogP contribution in [0, 0.1) is 5.92 Å². The molecule has 1 fully saturated rings. The molecule has 1 saturated carbocycles. The topological polar surface area (TPSA) is 29.3 Å². The zero-order chi connectivity index (χ0) is 10.8. The standard InChI is InChI=1S/C12H26N2/c1-10(2)14(9-11-5-6-11)8-7-12(3,4)13/h10-11H,5-9,13H2,1-4H3. The van der Waals surface area contributed by atoms with Crippen LogP contribution in [0.15, 0.2) is 0 Å². The van der Waals surface area contributed by atoms with Crippen molar-refractivity contribution in [1.29, 1.82) is 0 Å². The predicted molar refractivity (Wildman–Crippen MR) is 62.3 cm³/mol. The maximum absolute atomic E-state index is 6.00. The molecule has 1 aliphatic rings. The van der Waals surface area contributed by atoms with Gasteiger partial charge < -0.3 is 10.6 Å². The predicted octanol–water partition coefficient (Wildman–Crippen LogP) is 2.23. The molecule has 0 unspecified atom stereocenters. The first-order chi connectivity index (χ1) is 6.38. The minimum atomic E-state index is -0.0172. The largest absolute Gasteiger partial charge is 0.326 e. The van der Waals surface area contributed by atoms with E-state index in [9.17, 15) is 0 Å². The van der Waals surface area contributed by atoms with E-state index in [1.54, 1.807) is 0 Å². The summed E-state index contributed by atoms with van der Waals surface area (Å²) in [5.41, 5.74) is 5.99. The van der Waals surface area contributed by atoms with Crippen molar-refractivity contribution in [2.75, 3.05) is 13.1 Å². The Labute approximate surface area is 88.8 Å². The summed E-state index contributed by atoms with van der Waals surface area (Å²) in [4.78, 5) is 2.58. The van der Waals surface area contributed by atoms with Crippen LogP contribution in [0.1, 0.15) is 47.0 Å². The highest BCUT2D eigenvalue weighted by molar-refractivity contribution is 4.81. The van der Waals surface area contributed by atoms with Crippen molar-refractivity contribution in [3.05, 3.63) is 0 Å². The van der Waals surface area contributed by atoms with Crippen molar-refractivity contribution >= 4 is 0 Å². The second kappa shape index (κ2) is 4.63. The number of hydrogen-bond donors (Lipinski definition) is 1. The van der Waals surface area contributed by atoms with E-state index in [1.807, 2.05) is 0 Å². The molecule has 2 nitrogen and oxygen atoms in total. The molecule has 0 aliphatic heterocycles. The maximum atomic E-state index is 6.00. The molecule has 2 N–H and O–H groups in total. The Morgan fingerprint density at radius 2 is 1.93 bits per heavy atom.